The lowest BCUT2D eigenvalue weighted by Gasteiger charge is -2.04. The molecule has 1 aromatic carbocycles. The van der Waals surface area contributed by atoms with Crippen LogP contribution in [0.4, 0.5) is 0 Å². The summed E-state index contributed by atoms with van der Waals surface area (Å²) in [5.41, 5.74) is 3.04. The van der Waals surface area contributed by atoms with Gasteiger partial charge in [0.1, 0.15) is 0 Å². The van der Waals surface area contributed by atoms with E-state index in [1.165, 1.54) is 0 Å². The van der Waals surface area contributed by atoms with Crippen molar-refractivity contribution in [3.05, 3.63) is 52.6 Å². The highest BCUT2D eigenvalue weighted by Crippen LogP contribution is 2.27. The first-order chi connectivity index (χ1) is 8.27. The van der Waals surface area contributed by atoms with Crippen molar-refractivity contribution in [3.63, 3.8) is 0 Å². The number of fused-ring (bicyclic) bond motifs is 1. The highest BCUT2D eigenvalue weighted by Gasteiger charge is 2.11. The molecule has 2 aromatic heterocycles. The van der Waals surface area contributed by atoms with Gasteiger partial charge in [-0.05, 0) is 25.1 Å². The van der Waals surface area contributed by atoms with E-state index in [1.807, 2.05) is 36.4 Å². The summed E-state index contributed by atoms with van der Waals surface area (Å²) in [6, 6.07) is 14.0. The average Bonchev–Trinajstić information content (AvgIpc) is 2.75. The maximum atomic E-state index is 4.27. The summed E-state index contributed by atoms with van der Waals surface area (Å²) >= 11 is 3.55. The molecule has 0 amide bonds. The number of hydrogen-bond acceptors (Lipinski definition) is 2. The molecule has 17 heavy (non-hydrogen) atoms. The lowest BCUT2D eigenvalue weighted by Crippen LogP contribution is -1.94. The van der Waals surface area contributed by atoms with E-state index < -0.39 is 0 Å². The van der Waals surface area contributed by atoms with Crippen LogP contribution in [0.25, 0.3) is 17.0 Å². The molecular weight excluding hydrogens is 278 g/mol. The topological polar surface area (TPSA) is 30.2 Å². The summed E-state index contributed by atoms with van der Waals surface area (Å²) in [6.07, 6.45) is 0. The smallest absolute Gasteiger partial charge is 0.169 e. The van der Waals surface area contributed by atoms with Gasteiger partial charge in [-0.25, -0.2) is 0 Å². The molecule has 0 saturated heterocycles. The van der Waals surface area contributed by atoms with Crippen LogP contribution in [0.3, 0.4) is 0 Å². The molecule has 0 bridgehead atoms. The SMILES string of the molecule is Cc1cccc2nnc(-c3ccccc3Br)n12. The Hall–Kier alpha value is -1.68. The van der Waals surface area contributed by atoms with E-state index >= 15 is 0 Å². The van der Waals surface area contributed by atoms with Crippen molar-refractivity contribution in [2.75, 3.05) is 0 Å². The predicted molar refractivity (Wildman–Crippen MR) is 70.9 cm³/mol. The summed E-state index contributed by atoms with van der Waals surface area (Å²) in [5, 5.41) is 8.46. The number of aryl methyl sites for hydroxylation is 1. The quantitative estimate of drug-likeness (QED) is 0.686. The Kier molecular flexibility index (Phi) is 2.44. The van der Waals surface area contributed by atoms with E-state index in [-0.39, 0.29) is 0 Å². The zero-order valence-corrected chi connectivity index (χ0v) is 10.8. The minimum absolute atomic E-state index is 0.866. The maximum Gasteiger partial charge on any atom is 0.169 e. The summed E-state index contributed by atoms with van der Waals surface area (Å²) < 4.78 is 3.08. The first-order valence-electron chi connectivity index (χ1n) is 5.33. The molecule has 0 N–H and O–H groups in total. The number of hydrogen-bond donors (Lipinski definition) is 0. The lowest BCUT2D eigenvalue weighted by molar-refractivity contribution is 1.08. The zero-order valence-electron chi connectivity index (χ0n) is 9.26. The molecule has 0 fully saturated rings. The average molecular weight is 288 g/mol. The van der Waals surface area contributed by atoms with Gasteiger partial charge in [0, 0.05) is 15.7 Å². The Morgan fingerprint density at radius 1 is 1.00 bits per heavy atom. The van der Waals surface area contributed by atoms with Gasteiger partial charge < -0.3 is 0 Å². The Bertz CT molecular complexity index is 688. The molecule has 0 aliphatic heterocycles. The molecule has 0 atom stereocenters. The highest BCUT2D eigenvalue weighted by atomic mass is 79.9. The minimum atomic E-state index is 0.866. The van der Waals surface area contributed by atoms with E-state index in [0.717, 1.165) is 27.2 Å². The summed E-state index contributed by atoms with van der Waals surface area (Å²) in [5.74, 6) is 0.866. The maximum absolute atomic E-state index is 4.27. The van der Waals surface area contributed by atoms with Gasteiger partial charge in [-0.1, -0.05) is 40.2 Å². The fourth-order valence-corrected chi connectivity index (χ4v) is 2.38. The third-order valence-electron chi connectivity index (χ3n) is 2.74. The molecule has 0 aliphatic carbocycles. The molecule has 0 aliphatic rings. The third-order valence-corrected chi connectivity index (χ3v) is 3.43. The number of aromatic nitrogens is 3. The molecule has 0 saturated carbocycles. The molecule has 84 valence electrons. The number of pyridine rings is 1. The van der Waals surface area contributed by atoms with Crippen molar-refractivity contribution in [1.29, 1.82) is 0 Å². The van der Waals surface area contributed by atoms with Crippen LogP contribution in [-0.2, 0) is 0 Å². The highest BCUT2D eigenvalue weighted by molar-refractivity contribution is 9.10. The van der Waals surface area contributed by atoms with Crippen molar-refractivity contribution in [1.82, 2.24) is 14.6 Å². The normalized spacial score (nSPS) is 10.9. The summed E-state index contributed by atoms with van der Waals surface area (Å²) in [6.45, 7) is 2.05. The zero-order chi connectivity index (χ0) is 11.8. The van der Waals surface area contributed by atoms with Gasteiger partial charge in [-0.15, -0.1) is 10.2 Å². The number of halogens is 1. The Morgan fingerprint density at radius 3 is 2.65 bits per heavy atom. The summed E-state index contributed by atoms with van der Waals surface area (Å²) in [4.78, 5) is 0. The fraction of sp³-hybridized carbons (Fsp3) is 0.0769. The van der Waals surface area contributed by atoms with Crippen LogP contribution in [0.15, 0.2) is 46.9 Å². The van der Waals surface area contributed by atoms with Crippen LogP contribution in [-0.4, -0.2) is 14.6 Å². The molecule has 0 spiro atoms. The van der Waals surface area contributed by atoms with E-state index in [9.17, 15) is 0 Å². The fourth-order valence-electron chi connectivity index (χ4n) is 1.92. The van der Waals surface area contributed by atoms with E-state index in [0.29, 0.717) is 0 Å². The lowest BCUT2D eigenvalue weighted by atomic mass is 10.2. The molecule has 0 unspecified atom stereocenters. The second kappa shape index (κ2) is 3.96. The summed E-state index contributed by atoms with van der Waals surface area (Å²) in [7, 11) is 0. The molecule has 2 heterocycles. The van der Waals surface area contributed by atoms with Crippen LogP contribution in [0, 0.1) is 6.92 Å². The second-order valence-corrected chi connectivity index (χ2v) is 4.72. The van der Waals surface area contributed by atoms with Crippen molar-refractivity contribution < 1.29 is 0 Å². The molecule has 3 nitrogen and oxygen atoms in total. The van der Waals surface area contributed by atoms with Gasteiger partial charge >= 0.3 is 0 Å². The number of rotatable bonds is 1. The van der Waals surface area contributed by atoms with Gasteiger partial charge in [0.05, 0.1) is 0 Å². The molecule has 4 heteroatoms. The Balaban J connectivity index is 2.36. The van der Waals surface area contributed by atoms with E-state index in [4.69, 9.17) is 0 Å². The molecule has 0 radical (unpaired) electrons. The first kappa shape index (κ1) is 10.5. The van der Waals surface area contributed by atoms with Gasteiger partial charge in [0.15, 0.2) is 11.5 Å². The number of benzene rings is 1. The molecule has 3 aromatic rings. The van der Waals surface area contributed by atoms with E-state index in [1.54, 1.807) is 0 Å². The van der Waals surface area contributed by atoms with Crippen molar-refractivity contribution in [2.45, 2.75) is 6.92 Å². The van der Waals surface area contributed by atoms with Crippen molar-refractivity contribution in [2.24, 2.45) is 0 Å². The minimum Gasteiger partial charge on any atom is -0.280 e. The molecule has 3 rings (SSSR count). The van der Waals surface area contributed by atoms with Crippen LogP contribution in [0.5, 0.6) is 0 Å². The molecular formula is C13H10BrN3. The van der Waals surface area contributed by atoms with Crippen molar-refractivity contribution >= 4 is 21.6 Å². The standard InChI is InChI=1S/C13H10BrN3/c1-9-5-4-8-12-15-16-13(17(9)12)10-6-2-3-7-11(10)14/h2-8H,1H3. The predicted octanol–water partition coefficient (Wildman–Crippen LogP) is 3.47. The van der Waals surface area contributed by atoms with Crippen LogP contribution >= 0.6 is 15.9 Å². The Labute approximate surface area is 107 Å². The van der Waals surface area contributed by atoms with Crippen molar-refractivity contribution in [3.8, 4) is 11.4 Å². The third kappa shape index (κ3) is 1.65. The monoisotopic (exact) mass is 287 g/mol. The van der Waals surface area contributed by atoms with Gasteiger partial charge in [0.25, 0.3) is 0 Å². The largest absolute Gasteiger partial charge is 0.280 e. The first-order valence-corrected chi connectivity index (χ1v) is 6.12. The van der Waals surface area contributed by atoms with Gasteiger partial charge in [-0.2, -0.15) is 0 Å². The van der Waals surface area contributed by atoms with Crippen LogP contribution < -0.4 is 0 Å². The Morgan fingerprint density at radius 2 is 1.82 bits per heavy atom. The van der Waals surface area contributed by atoms with Gasteiger partial charge in [0.2, 0.25) is 0 Å². The van der Waals surface area contributed by atoms with Crippen LogP contribution in [0.1, 0.15) is 5.69 Å². The van der Waals surface area contributed by atoms with E-state index in [2.05, 4.69) is 43.5 Å². The second-order valence-electron chi connectivity index (χ2n) is 3.86. The van der Waals surface area contributed by atoms with Gasteiger partial charge in [-0.3, -0.25) is 4.40 Å². The number of nitrogens with zero attached hydrogens (tertiary/aromatic N) is 3. The van der Waals surface area contributed by atoms with Crippen LogP contribution in [0.2, 0.25) is 0 Å².